The molecular weight excluding hydrogens is 200 g/mol. The second-order valence-electron chi connectivity index (χ2n) is 4.97. The van der Waals surface area contributed by atoms with Gasteiger partial charge in [-0.25, -0.2) is 0 Å². The fourth-order valence-electron chi connectivity index (χ4n) is 3.47. The highest BCUT2D eigenvalue weighted by atomic mass is 16.2. The van der Waals surface area contributed by atoms with Crippen LogP contribution in [0, 0.1) is 5.92 Å². The SMILES string of the molecule is O=C1[C@@H]2CNC[C@@H]2c2cccc3c2N1CC3. The van der Waals surface area contributed by atoms with Crippen LogP contribution >= 0.6 is 0 Å². The Hall–Kier alpha value is -1.35. The maximum absolute atomic E-state index is 12.3. The van der Waals surface area contributed by atoms with E-state index in [2.05, 4.69) is 23.5 Å². The van der Waals surface area contributed by atoms with Crippen molar-refractivity contribution in [3.63, 3.8) is 0 Å². The number of anilines is 1. The summed E-state index contributed by atoms with van der Waals surface area (Å²) in [7, 11) is 0. The van der Waals surface area contributed by atoms with Gasteiger partial charge >= 0.3 is 0 Å². The van der Waals surface area contributed by atoms with Gasteiger partial charge in [0, 0.05) is 25.6 Å². The Bertz CT molecular complexity index is 483. The molecule has 1 fully saturated rings. The number of carbonyl (C=O) groups excluding carboxylic acids is 1. The molecule has 3 aliphatic rings. The Balaban J connectivity index is 1.98. The van der Waals surface area contributed by atoms with Crippen LogP contribution in [0.4, 0.5) is 5.69 Å². The average molecular weight is 214 g/mol. The fraction of sp³-hybridized carbons (Fsp3) is 0.462. The molecule has 1 saturated heterocycles. The van der Waals surface area contributed by atoms with Crippen molar-refractivity contribution in [2.75, 3.05) is 24.5 Å². The Morgan fingerprint density at radius 3 is 3.06 bits per heavy atom. The van der Waals surface area contributed by atoms with Crippen molar-refractivity contribution in [2.24, 2.45) is 5.92 Å². The van der Waals surface area contributed by atoms with Crippen LogP contribution in [-0.4, -0.2) is 25.5 Å². The molecule has 0 radical (unpaired) electrons. The standard InChI is InChI=1S/C13H14N2O/c16-13-11-7-14-6-10(11)9-3-1-2-8-4-5-15(13)12(8)9/h1-3,10-11,14H,4-7H2/t10-,11-/m1/s1. The minimum Gasteiger partial charge on any atom is -0.315 e. The van der Waals surface area contributed by atoms with E-state index in [0.29, 0.717) is 11.8 Å². The molecule has 0 aliphatic carbocycles. The van der Waals surface area contributed by atoms with Crippen LogP contribution in [0.25, 0.3) is 0 Å². The number of nitrogens with zero attached hydrogens (tertiary/aromatic N) is 1. The summed E-state index contributed by atoms with van der Waals surface area (Å²) in [4.78, 5) is 14.3. The zero-order valence-electron chi connectivity index (χ0n) is 9.07. The summed E-state index contributed by atoms with van der Waals surface area (Å²) in [5.41, 5.74) is 3.98. The van der Waals surface area contributed by atoms with E-state index in [4.69, 9.17) is 0 Å². The minimum absolute atomic E-state index is 0.181. The highest BCUT2D eigenvalue weighted by Gasteiger charge is 2.45. The van der Waals surface area contributed by atoms with E-state index in [0.717, 1.165) is 26.1 Å². The van der Waals surface area contributed by atoms with Crippen LogP contribution in [0.3, 0.4) is 0 Å². The van der Waals surface area contributed by atoms with Crippen molar-refractivity contribution >= 4 is 11.6 Å². The molecule has 1 aromatic rings. The van der Waals surface area contributed by atoms with Gasteiger partial charge in [0.1, 0.15) is 0 Å². The van der Waals surface area contributed by atoms with Gasteiger partial charge in [-0.05, 0) is 17.5 Å². The van der Waals surface area contributed by atoms with Gasteiger partial charge in [0.15, 0.2) is 0 Å². The van der Waals surface area contributed by atoms with E-state index in [9.17, 15) is 4.79 Å². The first-order chi connectivity index (χ1) is 7.86. The summed E-state index contributed by atoms with van der Waals surface area (Å²) in [6, 6.07) is 6.51. The lowest BCUT2D eigenvalue weighted by Crippen LogP contribution is -2.41. The molecule has 0 spiro atoms. The van der Waals surface area contributed by atoms with Gasteiger partial charge in [-0.1, -0.05) is 18.2 Å². The molecule has 3 heteroatoms. The first-order valence-corrected chi connectivity index (χ1v) is 6.00. The van der Waals surface area contributed by atoms with Gasteiger partial charge in [-0.2, -0.15) is 0 Å². The van der Waals surface area contributed by atoms with Crippen LogP contribution < -0.4 is 10.2 Å². The summed E-state index contributed by atoms with van der Waals surface area (Å²) in [6.07, 6.45) is 1.03. The monoisotopic (exact) mass is 214 g/mol. The van der Waals surface area contributed by atoms with Gasteiger partial charge in [-0.3, -0.25) is 4.79 Å². The summed E-state index contributed by atoms with van der Waals surface area (Å²) in [5, 5.41) is 3.35. The van der Waals surface area contributed by atoms with Crippen molar-refractivity contribution in [1.29, 1.82) is 0 Å². The molecule has 4 rings (SSSR count). The molecule has 3 heterocycles. The summed E-state index contributed by atoms with van der Waals surface area (Å²) < 4.78 is 0. The molecule has 2 atom stereocenters. The maximum Gasteiger partial charge on any atom is 0.232 e. The van der Waals surface area contributed by atoms with E-state index in [1.807, 2.05) is 4.90 Å². The maximum atomic E-state index is 12.3. The Morgan fingerprint density at radius 1 is 1.25 bits per heavy atom. The second kappa shape index (κ2) is 2.86. The van der Waals surface area contributed by atoms with E-state index in [1.165, 1.54) is 16.8 Å². The smallest absolute Gasteiger partial charge is 0.232 e. The third-order valence-corrected chi connectivity index (χ3v) is 4.22. The quantitative estimate of drug-likeness (QED) is 0.695. The predicted molar refractivity (Wildman–Crippen MR) is 61.6 cm³/mol. The van der Waals surface area contributed by atoms with Gasteiger partial charge < -0.3 is 10.2 Å². The molecule has 82 valence electrons. The highest BCUT2D eigenvalue weighted by Crippen LogP contribution is 2.45. The second-order valence-corrected chi connectivity index (χ2v) is 4.97. The third kappa shape index (κ3) is 0.901. The molecule has 16 heavy (non-hydrogen) atoms. The molecule has 3 nitrogen and oxygen atoms in total. The number of fused-ring (bicyclic) bond motifs is 2. The highest BCUT2D eigenvalue weighted by molar-refractivity contribution is 6.01. The van der Waals surface area contributed by atoms with Crippen molar-refractivity contribution in [1.82, 2.24) is 5.32 Å². The van der Waals surface area contributed by atoms with E-state index < -0.39 is 0 Å². The number of carbonyl (C=O) groups is 1. The number of hydrogen-bond donors (Lipinski definition) is 1. The lowest BCUT2D eigenvalue weighted by molar-refractivity contribution is -0.122. The van der Waals surface area contributed by atoms with Crippen LogP contribution in [0.15, 0.2) is 18.2 Å². The van der Waals surface area contributed by atoms with Crippen molar-refractivity contribution in [3.05, 3.63) is 29.3 Å². The first-order valence-electron chi connectivity index (χ1n) is 6.00. The molecular formula is C13H14N2O. The van der Waals surface area contributed by atoms with Crippen molar-refractivity contribution in [3.8, 4) is 0 Å². The van der Waals surface area contributed by atoms with Crippen LogP contribution in [0.2, 0.25) is 0 Å². The summed E-state index contributed by atoms with van der Waals surface area (Å²) in [5.74, 6) is 0.935. The number of para-hydroxylation sites is 1. The van der Waals surface area contributed by atoms with E-state index >= 15 is 0 Å². The third-order valence-electron chi connectivity index (χ3n) is 4.22. The van der Waals surface area contributed by atoms with Crippen LogP contribution in [0.1, 0.15) is 17.0 Å². The molecule has 0 saturated carbocycles. The largest absolute Gasteiger partial charge is 0.315 e. The van der Waals surface area contributed by atoms with E-state index in [-0.39, 0.29) is 5.92 Å². The molecule has 1 aromatic carbocycles. The first kappa shape index (κ1) is 8.76. The topological polar surface area (TPSA) is 32.3 Å². The van der Waals surface area contributed by atoms with Crippen LogP contribution in [-0.2, 0) is 11.2 Å². The molecule has 1 N–H and O–H groups in total. The molecule has 0 aromatic heterocycles. The lowest BCUT2D eigenvalue weighted by Gasteiger charge is -2.33. The molecule has 0 unspecified atom stereocenters. The van der Waals surface area contributed by atoms with Crippen molar-refractivity contribution < 1.29 is 4.79 Å². The van der Waals surface area contributed by atoms with E-state index in [1.54, 1.807) is 0 Å². The van der Waals surface area contributed by atoms with Gasteiger partial charge in [0.05, 0.1) is 11.6 Å². The van der Waals surface area contributed by atoms with Crippen molar-refractivity contribution in [2.45, 2.75) is 12.3 Å². The van der Waals surface area contributed by atoms with Gasteiger partial charge in [0.25, 0.3) is 0 Å². The van der Waals surface area contributed by atoms with Gasteiger partial charge in [-0.15, -0.1) is 0 Å². The number of hydrogen-bond acceptors (Lipinski definition) is 2. The normalized spacial score (nSPS) is 30.5. The number of rotatable bonds is 0. The van der Waals surface area contributed by atoms with Gasteiger partial charge in [0.2, 0.25) is 5.91 Å². The Labute approximate surface area is 94.4 Å². The summed E-state index contributed by atoms with van der Waals surface area (Å²) in [6.45, 7) is 2.69. The number of nitrogens with one attached hydrogen (secondary N) is 1. The molecule has 1 amide bonds. The fourth-order valence-corrected chi connectivity index (χ4v) is 3.47. The average Bonchev–Trinajstić information content (AvgIpc) is 2.93. The Morgan fingerprint density at radius 2 is 2.12 bits per heavy atom. The molecule has 0 bridgehead atoms. The van der Waals surface area contributed by atoms with Crippen LogP contribution in [0.5, 0.6) is 0 Å². The molecule has 3 aliphatic heterocycles. The number of amides is 1. The zero-order chi connectivity index (χ0) is 10.7. The zero-order valence-corrected chi connectivity index (χ0v) is 9.07. The lowest BCUT2D eigenvalue weighted by atomic mass is 9.83. The predicted octanol–water partition coefficient (Wildman–Crippen LogP) is 0.892. The Kier molecular flexibility index (Phi) is 1.56. The summed E-state index contributed by atoms with van der Waals surface area (Å²) >= 11 is 0. The minimum atomic E-state index is 0.181. The number of benzene rings is 1.